The Morgan fingerprint density at radius 2 is 2.30 bits per heavy atom. The summed E-state index contributed by atoms with van der Waals surface area (Å²) >= 11 is 1.49. The largest absolute Gasteiger partial charge is 0.367 e. The molecule has 1 unspecified atom stereocenters. The molecule has 0 bridgehead atoms. The molecule has 1 fully saturated rings. The fraction of sp³-hybridized carbons (Fsp3) is 0.429. The molecular weight excluding hydrogens is 272 g/mol. The SMILES string of the molecule is O=C(NCCNc1nsc2ccccc12)C1CCCN1. The number of carbonyl (C=O) groups excluding carboxylic acids is 1. The van der Waals surface area contributed by atoms with E-state index in [-0.39, 0.29) is 11.9 Å². The standard InChI is InChI=1S/C14H18N4OS/c19-14(11-5-3-7-15-11)17-9-8-16-13-10-4-1-2-6-12(10)20-18-13/h1-2,4,6,11,15H,3,5,7-9H2,(H,16,18)(H,17,19). The Balaban J connectivity index is 1.47. The Kier molecular flexibility index (Phi) is 4.13. The third-order valence-corrected chi connectivity index (χ3v) is 4.30. The predicted molar refractivity (Wildman–Crippen MR) is 82.1 cm³/mol. The molecule has 106 valence electrons. The Morgan fingerprint density at radius 3 is 3.15 bits per heavy atom. The highest BCUT2D eigenvalue weighted by Crippen LogP contribution is 2.25. The Morgan fingerprint density at radius 1 is 1.40 bits per heavy atom. The van der Waals surface area contributed by atoms with Crippen LogP contribution in [-0.2, 0) is 4.79 Å². The Bertz CT molecular complexity index is 592. The first-order chi connectivity index (χ1) is 9.84. The second-order valence-electron chi connectivity index (χ2n) is 4.89. The van der Waals surface area contributed by atoms with Gasteiger partial charge in [-0.2, -0.15) is 4.37 Å². The third-order valence-electron chi connectivity index (χ3n) is 3.47. The van der Waals surface area contributed by atoms with Crippen molar-refractivity contribution in [1.82, 2.24) is 15.0 Å². The van der Waals surface area contributed by atoms with Crippen LogP contribution in [0.2, 0.25) is 0 Å². The summed E-state index contributed by atoms with van der Waals surface area (Å²) in [5.41, 5.74) is 0. The van der Waals surface area contributed by atoms with Crippen LogP contribution in [0.5, 0.6) is 0 Å². The lowest BCUT2D eigenvalue weighted by Crippen LogP contribution is -2.42. The van der Waals surface area contributed by atoms with Crippen LogP contribution in [0.1, 0.15) is 12.8 Å². The maximum absolute atomic E-state index is 11.8. The summed E-state index contributed by atoms with van der Waals surface area (Å²) in [6.45, 7) is 2.25. The quantitative estimate of drug-likeness (QED) is 0.731. The molecule has 3 N–H and O–H groups in total. The van der Waals surface area contributed by atoms with E-state index in [9.17, 15) is 4.79 Å². The minimum atomic E-state index is -0.00453. The number of benzene rings is 1. The molecule has 6 heteroatoms. The third kappa shape index (κ3) is 2.91. The zero-order valence-electron chi connectivity index (χ0n) is 11.2. The average molecular weight is 290 g/mol. The molecule has 1 amide bonds. The minimum Gasteiger partial charge on any atom is -0.367 e. The predicted octanol–water partition coefficient (Wildman–Crippen LogP) is 1.58. The number of carbonyl (C=O) groups is 1. The molecule has 1 atom stereocenters. The van der Waals surface area contributed by atoms with E-state index in [2.05, 4.69) is 32.5 Å². The van der Waals surface area contributed by atoms with Crippen LogP contribution in [0, 0.1) is 0 Å². The highest BCUT2D eigenvalue weighted by Gasteiger charge is 2.21. The first-order valence-corrected chi connectivity index (χ1v) is 7.71. The van der Waals surface area contributed by atoms with Crippen molar-refractivity contribution in [2.75, 3.05) is 25.0 Å². The molecule has 0 radical (unpaired) electrons. The molecule has 1 saturated heterocycles. The summed E-state index contributed by atoms with van der Waals surface area (Å²) in [5, 5.41) is 10.6. The number of anilines is 1. The van der Waals surface area contributed by atoms with Crippen molar-refractivity contribution < 1.29 is 4.79 Å². The summed E-state index contributed by atoms with van der Waals surface area (Å²) in [6, 6.07) is 8.14. The molecule has 0 spiro atoms. The van der Waals surface area contributed by atoms with E-state index in [1.54, 1.807) is 0 Å². The first-order valence-electron chi connectivity index (χ1n) is 6.94. The van der Waals surface area contributed by atoms with Crippen molar-refractivity contribution in [3.8, 4) is 0 Å². The maximum atomic E-state index is 11.8. The van der Waals surface area contributed by atoms with Crippen LogP contribution in [0.25, 0.3) is 10.1 Å². The average Bonchev–Trinajstić information content (AvgIpc) is 3.13. The van der Waals surface area contributed by atoms with E-state index < -0.39 is 0 Å². The molecule has 3 rings (SSSR count). The molecule has 1 aromatic heterocycles. The number of fused-ring (bicyclic) bond motifs is 1. The minimum absolute atomic E-state index is 0.00453. The van der Waals surface area contributed by atoms with Gasteiger partial charge in [-0.1, -0.05) is 12.1 Å². The zero-order chi connectivity index (χ0) is 13.8. The Hall–Kier alpha value is -1.66. The van der Waals surface area contributed by atoms with Crippen molar-refractivity contribution >= 4 is 33.3 Å². The number of hydrogen-bond acceptors (Lipinski definition) is 5. The van der Waals surface area contributed by atoms with Crippen LogP contribution in [0.3, 0.4) is 0 Å². The molecule has 0 aliphatic carbocycles. The number of rotatable bonds is 5. The van der Waals surface area contributed by atoms with E-state index in [0.717, 1.165) is 30.6 Å². The second-order valence-corrected chi connectivity index (χ2v) is 5.70. The van der Waals surface area contributed by atoms with Crippen molar-refractivity contribution in [3.63, 3.8) is 0 Å². The molecule has 2 aromatic rings. The van der Waals surface area contributed by atoms with Gasteiger partial charge in [0.1, 0.15) is 5.82 Å². The van der Waals surface area contributed by atoms with E-state index in [4.69, 9.17) is 0 Å². The summed E-state index contributed by atoms with van der Waals surface area (Å²) in [4.78, 5) is 11.8. The van der Waals surface area contributed by atoms with E-state index in [1.165, 1.54) is 16.2 Å². The lowest BCUT2D eigenvalue weighted by molar-refractivity contribution is -0.122. The number of nitrogens with one attached hydrogen (secondary N) is 3. The highest BCUT2D eigenvalue weighted by atomic mass is 32.1. The summed E-state index contributed by atoms with van der Waals surface area (Å²) in [5.74, 6) is 1.01. The molecule has 1 aliphatic rings. The number of nitrogens with zero attached hydrogens (tertiary/aromatic N) is 1. The van der Waals surface area contributed by atoms with Gasteiger partial charge in [0.25, 0.3) is 0 Å². The lowest BCUT2D eigenvalue weighted by Gasteiger charge is -2.11. The molecule has 20 heavy (non-hydrogen) atoms. The highest BCUT2D eigenvalue weighted by molar-refractivity contribution is 7.13. The van der Waals surface area contributed by atoms with E-state index in [1.807, 2.05) is 12.1 Å². The van der Waals surface area contributed by atoms with Crippen LogP contribution in [0.4, 0.5) is 5.82 Å². The molecular formula is C14H18N4OS. The van der Waals surface area contributed by atoms with Crippen molar-refractivity contribution in [1.29, 1.82) is 0 Å². The van der Waals surface area contributed by atoms with Gasteiger partial charge in [0.2, 0.25) is 5.91 Å². The fourth-order valence-corrected chi connectivity index (χ4v) is 3.17. The normalized spacial score (nSPS) is 18.3. The fourth-order valence-electron chi connectivity index (χ4n) is 2.41. The van der Waals surface area contributed by atoms with Gasteiger partial charge >= 0.3 is 0 Å². The van der Waals surface area contributed by atoms with E-state index >= 15 is 0 Å². The summed E-state index contributed by atoms with van der Waals surface area (Å²) in [6.07, 6.45) is 2.02. The van der Waals surface area contributed by atoms with Crippen molar-refractivity contribution in [2.24, 2.45) is 0 Å². The van der Waals surface area contributed by atoms with Crippen LogP contribution in [0.15, 0.2) is 24.3 Å². The van der Waals surface area contributed by atoms with Gasteiger partial charge in [0.15, 0.2) is 0 Å². The van der Waals surface area contributed by atoms with Gasteiger partial charge in [0, 0.05) is 18.5 Å². The van der Waals surface area contributed by atoms with E-state index in [0.29, 0.717) is 13.1 Å². The number of aromatic nitrogens is 1. The number of hydrogen-bond donors (Lipinski definition) is 3. The molecule has 0 saturated carbocycles. The smallest absolute Gasteiger partial charge is 0.237 e. The number of amides is 1. The molecule has 2 heterocycles. The molecule has 1 aliphatic heterocycles. The van der Waals surface area contributed by atoms with Gasteiger partial charge in [-0.05, 0) is 43.1 Å². The van der Waals surface area contributed by atoms with Crippen molar-refractivity contribution in [3.05, 3.63) is 24.3 Å². The topological polar surface area (TPSA) is 66.0 Å². The van der Waals surface area contributed by atoms with Gasteiger partial charge in [0.05, 0.1) is 10.7 Å². The monoisotopic (exact) mass is 290 g/mol. The second kappa shape index (κ2) is 6.19. The first kappa shape index (κ1) is 13.3. The van der Waals surface area contributed by atoms with Gasteiger partial charge in [-0.15, -0.1) is 0 Å². The van der Waals surface area contributed by atoms with Crippen LogP contribution in [-0.4, -0.2) is 36.0 Å². The van der Waals surface area contributed by atoms with Crippen LogP contribution >= 0.6 is 11.5 Å². The zero-order valence-corrected chi connectivity index (χ0v) is 12.0. The Labute approximate surface area is 121 Å². The summed E-state index contributed by atoms with van der Waals surface area (Å²) in [7, 11) is 0. The molecule has 5 nitrogen and oxygen atoms in total. The van der Waals surface area contributed by atoms with Crippen molar-refractivity contribution in [2.45, 2.75) is 18.9 Å². The summed E-state index contributed by atoms with van der Waals surface area (Å²) < 4.78 is 5.57. The van der Waals surface area contributed by atoms with Gasteiger partial charge in [-0.25, -0.2) is 0 Å². The molecule has 1 aromatic carbocycles. The van der Waals surface area contributed by atoms with Crippen LogP contribution < -0.4 is 16.0 Å². The van der Waals surface area contributed by atoms with Gasteiger partial charge in [-0.3, -0.25) is 4.79 Å². The van der Waals surface area contributed by atoms with Gasteiger partial charge < -0.3 is 16.0 Å². The maximum Gasteiger partial charge on any atom is 0.237 e. The lowest BCUT2D eigenvalue weighted by atomic mass is 10.2.